The highest BCUT2D eigenvalue weighted by molar-refractivity contribution is 6.31. The molecule has 0 radical (unpaired) electrons. The fraction of sp³-hybridized carbons (Fsp3) is 0.571. The van der Waals surface area contributed by atoms with E-state index in [9.17, 15) is 4.79 Å². The second-order valence-corrected chi connectivity index (χ2v) is 5.72. The van der Waals surface area contributed by atoms with Gasteiger partial charge in [0.15, 0.2) is 0 Å². The molecule has 1 aromatic heterocycles. The number of anilines is 2. The number of nitrogens with zero attached hydrogens (tertiary/aromatic N) is 3. The van der Waals surface area contributed by atoms with Crippen LogP contribution in [0, 0.1) is 5.92 Å². The molecule has 2 aliphatic heterocycles. The van der Waals surface area contributed by atoms with Crippen molar-refractivity contribution in [1.82, 2.24) is 4.98 Å². The fourth-order valence-corrected chi connectivity index (χ4v) is 2.81. The van der Waals surface area contributed by atoms with Gasteiger partial charge in [-0.25, -0.2) is 4.98 Å². The summed E-state index contributed by atoms with van der Waals surface area (Å²) in [5.74, 6) is 1.69. The van der Waals surface area contributed by atoms with Crippen LogP contribution in [-0.2, 0) is 9.53 Å². The standard InChI is InChI=1S/C14H18ClN3O2/c1-10-2-3-18(14(10)19)13-9-11(15)8-12(16-13)17-4-6-20-7-5-17/h8-10H,2-7H2,1H3/t10-/m0/s1. The van der Waals surface area contributed by atoms with Crippen molar-refractivity contribution in [2.75, 3.05) is 42.6 Å². The molecule has 2 fully saturated rings. The number of hydrogen-bond donors (Lipinski definition) is 0. The molecule has 1 amide bonds. The van der Waals surface area contributed by atoms with E-state index in [2.05, 4.69) is 9.88 Å². The summed E-state index contributed by atoms with van der Waals surface area (Å²) in [7, 11) is 0. The van der Waals surface area contributed by atoms with Crippen molar-refractivity contribution in [3.63, 3.8) is 0 Å². The Morgan fingerprint density at radius 3 is 2.60 bits per heavy atom. The second kappa shape index (κ2) is 5.58. The number of carbonyl (C=O) groups is 1. The minimum Gasteiger partial charge on any atom is -0.378 e. The van der Waals surface area contributed by atoms with Crippen LogP contribution in [0.15, 0.2) is 12.1 Å². The molecule has 3 rings (SSSR count). The summed E-state index contributed by atoms with van der Waals surface area (Å²) < 4.78 is 5.35. The first-order valence-corrected chi connectivity index (χ1v) is 7.34. The first-order chi connectivity index (χ1) is 9.65. The van der Waals surface area contributed by atoms with Crippen LogP contribution in [0.3, 0.4) is 0 Å². The Balaban J connectivity index is 1.88. The molecule has 108 valence electrons. The predicted molar refractivity (Wildman–Crippen MR) is 78.4 cm³/mol. The molecule has 0 saturated carbocycles. The summed E-state index contributed by atoms with van der Waals surface area (Å²) >= 11 is 6.20. The van der Waals surface area contributed by atoms with Crippen LogP contribution in [0.5, 0.6) is 0 Å². The highest BCUT2D eigenvalue weighted by Gasteiger charge is 2.30. The lowest BCUT2D eigenvalue weighted by Gasteiger charge is -2.29. The largest absolute Gasteiger partial charge is 0.378 e. The van der Waals surface area contributed by atoms with Gasteiger partial charge >= 0.3 is 0 Å². The van der Waals surface area contributed by atoms with E-state index >= 15 is 0 Å². The van der Waals surface area contributed by atoms with Crippen LogP contribution in [0.4, 0.5) is 11.6 Å². The highest BCUT2D eigenvalue weighted by atomic mass is 35.5. The highest BCUT2D eigenvalue weighted by Crippen LogP contribution is 2.28. The first kappa shape index (κ1) is 13.6. The van der Waals surface area contributed by atoms with Crippen molar-refractivity contribution in [3.05, 3.63) is 17.2 Å². The van der Waals surface area contributed by atoms with Crippen LogP contribution in [0.25, 0.3) is 0 Å². The van der Waals surface area contributed by atoms with Gasteiger partial charge < -0.3 is 9.64 Å². The Hall–Kier alpha value is -1.33. The third-order valence-electron chi connectivity index (χ3n) is 3.85. The van der Waals surface area contributed by atoms with Crippen molar-refractivity contribution >= 4 is 29.1 Å². The van der Waals surface area contributed by atoms with E-state index in [1.54, 1.807) is 11.0 Å². The Labute approximate surface area is 123 Å². The molecule has 5 nitrogen and oxygen atoms in total. The summed E-state index contributed by atoms with van der Waals surface area (Å²) in [6.07, 6.45) is 0.875. The van der Waals surface area contributed by atoms with Crippen molar-refractivity contribution in [1.29, 1.82) is 0 Å². The maximum atomic E-state index is 12.1. The Kier molecular flexibility index (Phi) is 3.81. The predicted octanol–water partition coefficient (Wildman–Crippen LogP) is 1.94. The zero-order valence-electron chi connectivity index (χ0n) is 11.5. The lowest BCUT2D eigenvalue weighted by Crippen LogP contribution is -2.37. The van der Waals surface area contributed by atoms with Gasteiger partial charge in [0.1, 0.15) is 11.6 Å². The second-order valence-electron chi connectivity index (χ2n) is 5.28. The molecular weight excluding hydrogens is 278 g/mol. The summed E-state index contributed by atoms with van der Waals surface area (Å²) in [6, 6.07) is 3.61. The maximum absolute atomic E-state index is 12.1. The lowest BCUT2D eigenvalue weighted by molar-refractivity contribution is -0.119. The molecular formula is C14H18ClN3O2. The number of carbonyl (C=O) groups excluding carboxylic acids is 1. The Morgan fingerprint density at radius 2 is 1.95 bits per heavy atom. The van der Waals surface area contributed by atoms with E-state index in [0.717, 1.165) is 31.9 Å². The van der Waals surface area contributed by atoms with Crippen molar-refractivity contribution < 1.29 is 9.53 Å². The Morgan fingerprint density at radius 1 is 1.25 bits per heavy atom. The van der Waals surface area contributed by atoms with Crippen LogP contribution in [0.2, 0.25) is 5.02 Å². The summed E-state index contributed by atoms with van der Waals surface area (Å²) in [5, 5.41) is 0.615. The molecule has 3 heterocycles. The molecule has 6 heteroatoms. The van der Waals surface area contributed by atoms with Gasteiger partial charge in [0, 0.05) is 30.6 Å². The van der Waals surface area contributed by atoms with Gasteiger partial charge in [0.2, 0.25) is 5.91 Å². The number of hydrogen-bond acceptors (Lipinski definition) is 4. The van der Waals surface area contributed by atoms with Crippen LogP contribution < -0.4 is 9.80 Å². The molecule has 0 aromatic carbocycles. The molecule has 0 spiro atoms. The van der Waals surface area contributed by atoms with Crippen LogP contribution in [0.1, 0.15) is 13.3 Å². The molecule has 1 atom stereocenters. The topological polar surface area (TPSA) is 45.7 Å². The van der Waals surface area contributed by atoms with E-state index in [4.69, 9.17) is 16.3 Å². The van der Waals surface area contributed by atoms with E-state index in [0.29, 0.717) is 24.1 Å². The molecule has 0 unspecified atom stereocenters. The van der Waals surface area contributed by atoms with Crippen molar-refractivity contribution in [2.45, 2.75) is 13.3 Å². The summed E-state index contributed by atoms with van der Waals surface area (Å²) in [4.78, 5) is 20.6. The number of rotatable bonds is 2. The van der Waals surface area contributed by atoms with E-state index in [-0.39, 0.29) is 11.8 Å². The minimum atomic E-state index is 0.0719. The van der Waals surface area contributed by atoms with Crippen LogP contribution in [-0.4, -0.2) is 43.7 Å². The van der Waals surface area contributed by atoms with Crippen LogP contribution >= 0.6 is 11.6 Å². The quantitative estimate of drug-likeness (QED) is 0.836. The number of amides is 1. The number of morpholine rings is 1. The number of pyridine rings is 1. The number of halogens is 1. The molecule has 2 saturated heterocycles. The van der Waals surface area contributed by atoms with E-state index < -0.39 is 0 Å². The first-order valence-electron chi connectivity index (χ1n) is 6.97. The van der Waals surface area contributed by atoms with Gasteiger partial charge in [-0.05, 0) is 18.6 Å². The van der Waals surface area contributed by atoms with Crippen molar-refractivity contribution in [3.8, 4) is 0 Å². The van der Waals surface area contributed by atoms with Gasteiger partial charge in [0.05, 0.1) is 13.2 Å². The summed E-state index contributed by atoms with van der Waals surface area (Å²) in [6.45, 7) is 5.67. The molecule has 0 bridgehead atoms. The number of ether oxygens (including phenoxy) is 1. The zero-order valence-corrected chi connectivity index (χ0v) is 12.3. The summed E-state index contributed by atoms with van der Waals surface area (Å²) in [5.41, 5.74) is 0. The number of aromatic nitrogens is 1. The molecule has 20 heavy (non-hydrogen) atoms. The fourth-order valence-electron chi connectivity index (χ4n) is 2.61. The van der Waals surface area contributed by atoms with Gasteiger partial charge in [-0.1, -0.05) is 18.5 Å². The Bertz CT molecular complexity index is 517. The normalized spacial score (nSPS) is 23.5. The SMILES string of the molecule is C[C@H]1CCN(c2cc(Cl)cc(N3CCOCC3)n2)C1=O. The zero-order chi connectivity index (χ0) is 14.1. The van der Waals surface area contributed by atoms with E-state index in [1.165, 1.54) is 0 Å². The van der Waals surface area contributed by atoms with Gasteiger partial charge in [-0.2, -0.15) is 0 Å². The monoisotopic (exact) mass is 295 g/mol. The van der Waals surface area contributed by atoms with Gasteiger partial charge in [-0.3, -0.25) is 9.69 Å². The minimum absolute atomic E-state index is 0.0719. The van der Waals surface area contributed by atoms with Crippen molar-refractivity contribution in [2.24, 2.45) is 5.92 Å². The third-order valence-corrected chi connectivity index (χ3v) is 4.07. The smallest absolute Gasteiger partial charge is 0.231 e. The van der Waals surface area contributed by atoms with Gasteiger partial charge in [-0.15, -0.1) is 0 Å². The lowest BCUT2D eigenvalue weighted by atomic mass is 10.1. The average Bonchev–Trinajstić information content (AvgIpc) is 2.79. The van der Waals surface area contributed by atoms with Gasteiger partial charge in [0.25, 0.3) is 0 Å². The van der Waals surface area contributed by atoms with E-state index in [1.807, 2.05) is 13.0 Å². The third kappa shape index (κ3) is 2.60. The molecule has 2 aliphatic rings. The average molecular weight is 296 g/mol. The molecule has 1 aromatic rings. The maximum Gasteiger partial charge on any atom is 0.231 e. The molecule has 0 N–H and O–H groups in total. The molecule has 0 aliphatic carbocycles.